The Balaban J connectivity index is 2.11. The van der Waals surface area contributed by atoms with Crippen LogP contribution >= 0.6 is 43.2 Å². The molecule has 0 bridgehead atoms. The Labute approximate surface area is 134 Å². The zero-order valence-corrected chi connectivity index (χ0v) is 14.7. The van der Waals surface area contributed by atoms with Gasteiger partial charge < -0.3 is 10.1 Å². The summed E-state index contributed by atoms with van der Waals surface area (Å²) in [7, 11) is 1.69. The van der Waals surface area contributed by atoms with Crippen LogP contribution in [0.15, 0.2) is 37.9 Å². The Morgan fingerprint density at radius 3 is 2.79 bits per heavy atom. The number of halogens is 2. The lowest BCUT2D eigenvalue weighted by atomic mass is 10.1. The number of benzene rings is 1. The van der Waals surface area contributed by atoms with Gasteiger partial charge in [-0.05, 0) is 57.4 Å². The summed E-state index contributed by atoms with van der Waals surface area (Å²) in [4.78, 5) is 0. The summed E-state index contributed by atoms with van der Waals surface area (Å²) >= 11 is 8.76. The van der Waals surface area contributed by atoms with Crippen LogP contribution in [-0.2, 0) is 6.54 Å². The van der Waals surface area contributed by atoms with E-state index >= 15 is 0 Å². The molecule has 0 aliphatic carbocycles. The minimum Gasteiger partial charge on any atom is -0.495 e. The van der Waals surface area contributed by atoms with Crippen molar-refractivity contribution in [1.82, 2.24) is 5.32 Å². The third kappa shape index (κ3) is 3.81. The first-order valence-electron chi connectivity index (χ1n) is 5.89. The molecule has 0 radical (unpaired) electrons. The molecule has 1 atom stereocenters. The standard InChI is InChI=1S/C14H15Br2NOS/c1-9(10-3-4-19-8-10)17-7-11-5-12(15)6-13(16)14(11)18-2/h3-6,8-9,17H,7H2,1-2H3. The number of ether oxygens (including phenoxy) is 1. The fourth-order valence-corrected chi connectivity index (χ4v) is 4.11. The first-order chi connectivity index (χ1) is 9.11. The van der Waals surface area contributed by atoms with Gasteiger partial charge in [0.25, 0.3) is 0 Å². The number of nitrogens with one attached hydrogen (secondary N) is 1. The normalized spacial score (nSPS) is 12.4. The SMILES string of the molecule is COc1c(Br)cc(Br)cc1CNC(C)c1ccsc1. The summed E-state index contributed by atoms with van der Waals surface area (Å²) in [5.41, 5.74) is 2.45. The molecule has 1 heterocycles. The molecule has 0 spiro atoms. The van der Waals surface area contributed by atoms with Gasteiger partial charge in [-0.15, -0.1) is 0 Å². The van der Waals surface area contributed by atoms with E-state index in [9.17, 15) is 0 Å². The summed E-state index contributed by atoms with van der Waals surface area (Å²) < 4.78 is 7.45. The summed E-state index contributed by atoms with van der Waals surface area (Å²) in [5, 5.41) is 7.79. The highest BCUT2D eigenvalue weighted by atomic mass is 79.9. The molecule has 2 nitrogen and oxygen atoms in total. The van der Waals surface area contributed by atoms with E-state index < -0.39 is 0 Å². The van der Waals surface area contributed by atoms with Gasteiger partial charge in [0, 0.05) is 22.6 Å². The van der Waals surface area contributed by atoms with Gasteiger partial charge in [-0.1, -0.05) is 15.9 Å². The first-order valence-corrected chi connectivity index (χ1v) is 8.42. The van der Waals surface area contributed by atoms with Gasteiger partial charge in [0.2, 0.25) is 0 Å². The van der Waals surface area contributed by atoms with Gasteiger partial charge in [0.1, 0.15) is 5.75 Å². The lowest BCUT2D eigenvalue weighted by Gasteiger charge is -2.16. The Bertz CT molecular complexity index is 543. The molecule has 5 heteroatoms. The van der Waals surface area contributed by atoms with E-state index in [1.807, 2.05) is 6.07 Å². The lowest BCUT2D eigenvalue weighted by Crippen LogP contribution is -2.18. The summed E-state index contributed by atoms with van der Waals surface area (Å²) in [5.74, 6) is 0.883. The van der Waals surface area contributed by atoms with Crippen molar-refractivity contribution in [2.75, 3.05) is 7.11 Å². The highest BCUT2D eigenvalue weighted by Crippen LogP contribution is 2.33. The maximum Gasteiger partial charge on any atom is 0.137 e. The molecule has 1 aromatic heterocycles. The molecular formula is C14H15Br2NOS. The van der Waals surface area contributed by atoms with E-state index in [4.69, 9.17) is 4.74 Å². The number of thiophene rings is 1. The molecule has 0 saturated carbocycles. The van der Waals surface area contributed by atoms with Crippen molar-refractivity contribution >= 4 is 43.2 Å². The molecule has 2 aromatic rings. The van der Waals surface area contributed by atoms with Crippen LogP contribution in [0.5, 0.6) is 5.75 Å². The van der Waals surface area contributed by atoms with E-state index in [1.165, 1.54) is 5.56 Å². The topological polar surface area (TPSA) is 21.3 Å². The Morgan fingerprint density at radius 1 is 1.37 bits per heavy atom. The smallest absolute Gasteiger partial charge is 0.137 e. The van der Waals surface area contributed by atoms with Crippen LogP contribution in [0.2, 0.25) is 0 Å². The second kappa shape index (κ2) is 6.88. The maximum atomic E-state index is 5.45. The lowest BCUT2D eigenvalue weighted by molar-refractivity contribution is 0.403. The molecule has 102 valence electrons. The van der Waals surface area contributed by atoms with Gasteiger partial charge >= 0.3 is 0 Å². The quantitative estimate of drug-likeness (QED) is 0.745. The number of methoxy groups -OCH3 is 1. The van der Waals surface area contributed by atoms with Crippen LogP contribution < -0.4 is 10.1 Å². The minimum atomic E-state index is 0.328. The van der Waals surface area contributed by atoms with Gasteiger partial charge in [-0.2, -0.15) is 11.3 Å². The van der Waals surface area contributed by atoms with E-state index in [-0.39, 0.29) is 0 Å². The van der Waals surface area contributed by atoms with Crippen molar-refractivity contribution in [1.29, 1.82) is 0 Å². The maximum absolute atomic E-state index is 5.45. The van der Waals surface area contributed by atoms with Crippen molar-refractivity contribution < 1.29 is 4.74 Å². The first kappa shape index (κ1) is 15.0. The zero-order valence-electron chi connectivity index (χ0n) is 10.7. The highest BCUT2D eigenvalue weighted by molar-refractivity contribution is 9.11. The van der Waals surface area contributed by atoms with Crippen LogP contribution in [0.3, 0.4) is 0 Å². The molecule has 0 fully saturated rings. The molecule has 0 aliphatic rings. The summed E-state index contributed by atoms with van der Waals surface area (Å²) in [6, 6.07) is 6.55. The highest BCUT2D eigenvalue weighted by Gasteiger charge is 2.11. The summed E-state index contributed by atoms with van der Waals surface area (Å²) in [6.07, 6.45) is 0. The fraction of sp³-hybridized carbons (Fsp3) is 0.286. The van der Waals surface area contributed by atoms with Crippen molar-refractivity contribution in [2.24, 2.45) is 0 Å². The van der Waals surface area contributed by atoms with Crippen LogP contribution in [0.25, 0.3) is 0 Å². The zero-order chi connectivity index (χ0) is 13.8. The fourth-order valence-electron chi connectivity index (χ4n) is 1.88. The predicted octanol–water partition coefficient (Wildman–Crippen LogP) is 5.13. The Morgan fingerprint density at radius 2 is 2.16 bits per heavy atom. The molecule has 1 N–H and O–H groups in total. The third-order valence-electron chi connectivity index (χ3n) is 2.93. The molecule has 0 aliphatic heterocycles. The molecule has 0 amide bonds. The van der Waals surface area contributed by atoms with Crippen LogP contribution in [0.1, 0.15) is 24.1 Å². The Hall–Kier alpha value is -0.360. The molecule has 19 heavy (non-hydrogen) atoms. The van der Waals surface area contributed by atoms with Crippen molar-refractivity contribution in [2.45, 2.75) is 19.5 Å². The van der Waals surface area contributed by atoms with Crippen molar-refractivity contribution in [3.05, 3.63) is 49.0 Å². The molecule has 1 unspecified atom stereocenters. The molecule has 1 aromatic carbocycles. The Kier molecular flexibility index (Phi) is 5.45. The predicted molar refractivity (Wildman–Crippen MR) is 88.0 cm³/mol. The van der Waals surface area contributed by atoms with Gasteiger partial charge in [0.05, 0.1) is 11.6 Å². The minimum absolute atomic E-state index is 0.328. The van der Waals surface area contributed by atoms with E-state index in [2.05, 4.69) is 67.0 Å². The second-order valence-corrected chi connectivity index (χ2v) is 6.79. The van der Waals surface area contributed by atoms with Crippen LogP contribution in [0, 0.1) is 0 Å². The molecule has 2 rings (SSSR count). The van der Waals surface area contributed by atoms with Crippen molar-refractivity contribution in [3.8, 4) is 5.75 Å². The number of hydrogen-bond donors (Lipinski definition) is 1. The largest absolute Gasteiger partial charge is 0.495 e. The molecule has 0 saturated heterocycles. The second-order valence-electron chi connectivity index (χ2n) is 4.24. The third-order valence-corrected chi connectivity index (χ3v) is 4.68. The van der Waals surface area contributed by atoms with Crippen LogP contribution in [0.4, 0.5) is 0 Å². The average Bonchev–Trinajstić information content (AvgIpc) is 2.89. The average molecular weight is 405 g/mol. The van der Waals surface area contributed by atoms with Crippen molar-refractivity contribution in [3.63, 3.8) is 0 Å². The number of hydrogen-bond acceptors (Lipinski definition) is 3. The van der Waals surface area contributed by atoms with Gasteiger partial charge in [-0.3, -0.25) is 0 Å². The van der Waals surface area contributed by atoms with Gasteiger partial charge in [-0.25, -0.2) is 0 Å². The van der Waals surface area contributed by atoms with E-state index in [0.717, 1.165) is 26.8 Å². The van der Waals surface area contributed by atoms with Gasteiger partial charge in [0.15, 0.2) is 0 Å². The monoisotopic (exact) mass is 403 g/mol. The molecular weight excluding hydrogens is 390 g/mol. The number of rotatable bonds is 5. The van der Waals surface area contributed by atoms with E-state index in [1.54, 1.807) is 18.4 Å². The van der Waals surface area contributed by atoms with Crippen LogP contribution in [-0.4, -0.2) is 7.11 Å². The summed E-state index contributed by atoms with van der Waals surface area (Å²) in [6.45, 7) is 2.93. The van der Waals surface area contributed by atoms with E-state index in [0.29, 0.717) is 6.04 Å².